The SMILES string of the molecule is Cc1cc(C(=O)NNC(=O)Cc2nc3ccccc3n2C)c2ccccc2n1. The van der Waals surface area contributed by atoms with Crippen LogP contribution in [0.4, 0.5) is 0 Å². The zero-order valence-corrected chi connectivity index (χ0v) is 15.6. The highest BCUT2D eigenvalue weighted by atomic mass is 16.2. The molecule has 0 aliphatic heterocycles. The van der Waals surface area contributed by atoms with Crippen LogP contribution in [0.15, 0.2) is 54.6 Å². The van der Waals surface area contributed by atoms with Gasteiger partial charge in [0.25, 0.3) is 5.91 Å². The van der Waals surface area contributed by atoms with Crippen molar-refractivity contribution in [1.29, 1.82) is 0 Å². The summed E-state index contributed by atoms with van der Waals surface area (Å²) in [6.45, 7) is 1.83. The number of carbonyl (C=O) groups is 2. The van der Waals surface area contributed by atoms with E-state index in [0.29, 0.717) is 11.4 Å². The number of hydrazine groups is 1. The molecular formula is C21H19N5O2. The molecule has 2 amide bonds. The van der Waals surface area contributed by atoms with E-state index in [9.17, 15) is 9.59 Å². The van der Waals surface area contributed by atoms with Gasteiger partial charge >= 0.3 is 0 Å². The molecule has 140 valence electrons. The Bertz CT molecular complexity index is 1210. The molecular weight excluding hydrogens is 354 g/mol. The van der Waals surface area contributed by atoms with Crippen LogP contribution in [-0.2, 0) is 18.3 Å². The van der Waals surface area contributed by atoms with Gasteiger partial charge in [0.15, 0.2) is 0 Å². The van der Waals surface area contributed by atoms with Crippen molar-refractivity contribution < 1.29 is 9.59 Å². The first-order valence-corrected chi connectivity index (χ1v) is 8.89. The highest BCUT2D eigenvalue weighted by molar-refractivity contribution is 6.06. The van der Waals surface area contributed by atoms with Crippen molar-refractivity contribution in [3.63, 3.8) is 0 Å². The topological polar surface area (TPSA) is 88.9 Å². The van der Waals surface area contributed by atoms with Crippen LogP contribution in [0.3, 0.4) is 0 Å². The Morgan fingerprint density at radius 1 is 0.964 bits per heavy atom. The van der Waals surface area contributed by atoms with Gasteiger partial charge in [-0.25, -0.2) is 4.98 Å². The van der Waals surface area contributed by atoms with Gasteiger partial charge in [-0.2, -0.15) is 0 Å². The third-order valence-electron chi connectivity index (χ3n) is 4.60. The molecule has 2 N–H and O–H groups in total. The highest BCUT2D eigenvalue weighted by Gasteiger charge is 2.15. The Hall–Kier alpha value is -3.74. The minimum absolute atomic E-state index is 0.0571. The van der Waals surface area contributed by atoms with Crippen molar-refractivity contribution in [3.05, 3.63) is 71.7 Å². The maximum absolute atomic E-state index is 12.6. The molecule has 2 heterocycles. The summed E-state index contributed by atoms with van der Waals surface area (Å²) in [4.78, 5) is 33.8. The first-order valence-electron chi connectivity index (χ1n) is 8.89. The second-order valence-electron chi connectivity index (χ2n) is 6.58. The molecule has 0 radical (unpaired) electrons. The molecule has 0 saturated carbocycles. The fourth-order valence-corrected chi connectivity index (χ4v) is 3.23. The summed E-state index contributed by atoms with van der Waals surface area (Å²) >= 11 is 0. The summed E-state index contributed by atoms with van der Waals surface area (Å²) in [6, 6.07) is 16.8. The lowest BCUT2D eigenvalue weighted by atomic mass is 10.1. The molecule has 7 nitrogen and oxygen atoms in total. The minimum Gasteiger partial charge on any atom is -0.331 e. The van der Waals surface area contributed by atoms with Crippen LogP contribution in [0, 0.1) is 6.92 Å². The molecule has 0 fully saturated rings. The number of imidazole rings is 1. The summed E-state index contributed by atoms with van der Waals surface area (Å²) in [5.74, 6) is -0.111. The van der Waals surface area contributed by atoms with Gasteiger partial charge in [-0.05, 0) is 31.2 Å². The second-order valence-corrected chi connectivity index (χ2v) is 6.58. The molecule has 2 aromatic heterocycles. The zero-order chi connectivity index (χ0) is 19.7. The lowest BCUT2D eigenvalue weighted by Gasteiger charge is -2.10. The van der Waals surface area contributed by atoms with E-state index in [1.807, 2.05) is 67.1 Å². The summed E-state index contributed by atoms with van der Waals surface area (Å²) < 4.78 is 1.87. The number of rotatable bonds is 3. The van der Waals surface area contributed by atoms with Gasteiger partial charge in [-0.3, -0.25) is 25.4 Å². The fraction of sp³-hybridized carbons (Fsp3) is 0.143. The lowest BCUT2D eigenvalue weighted by molar-refractivity contribution is -0.121. The van der Waals surface area contributed by atoms with Crippen molar-refractivity contribution >= 4 is 33.8 Å². The van der Waals surface area contributed by atoms with Crippen LogP contribution in [0.1, 0.15) is 21.9 Å². The van der Waals surface area contributed by atoms with Gasteiger partial charge in [-0.15, -0.1) is 0 Å². The number of aromatic nitrogens is 3. The van der Waals surface area contributed by atoms with Crippen LogP contribution in [0.25, 0.3) is 21.9 Å². The molecule has 0 atom stereocenters. The lowest BCUT2D eigenvalue weighted by Crippen LogP contribution is -2.42. The number of carbonyl (C=O) groups excluding carboxylic acids is 2. The monoisotopic (exact) mass is 373 g/mol. The van der Waals surface area contributed by atoms with Gasteiger partial charge < -0.3 is 4.57 Å². The summed E-state index contributed by atoms with van der Waals surface area (Å²) in [5, 5.41) is 0.732. The number of hydrogen-bond acceptors (Lipinski definition) is 4. The maximum atomic E-state index is 12.6. The van der Waals surface area contributed by atoms with Gasteiger partial charge in [-0.1, -0.05) is 30.3 Å². The molecule has 0 aliphatic rings. The molecule has 0 bridgehead atoms. The third kappa shape index (κ3) is 3.29. The summed E-state index contributed by atoms with van der Waals surface area (Å²) in [6.07, 6.45) is 0.0571. The molecule has 0 spiro atoms. The first kappa shape index (κ1) is 17.7. The standard InChI is InChI=1S/C21H19N5O2/c1-13-11-15(14-7-3-4-8-16(14)22-13)21(28)25-24-20(27)12-19-23-17-9-5-6-10-18(17)26(19)2/h3-11H,12H2,1-2H3,(H,24,27)(H,25,28). The van der Waals surface area contributed by atoms with E-state index in [-0.39, 0.29) is 18.2 Å². The van der Waals surface area contributed by atoms with Crippen molar-refractivity contribution in [1.82, 2.24) is 25.4 Å². The number of pyridine rings is 1. The van der Waals surface area contributed by atoms with Crippen LogP contribution in [-0.4, -0.2) is 26.3 Å². The fourth-order valence-electron chi connectivity index (χ4n) is 3.23. The molecule has 2 aromatic carbocycles. The van der Waals surface area contributed by atoms with E-state index in [0.717, 1.165) is 27.6 Å². The van der Waals surface area contributed by atoms with Gasteiger partial charge in [0.1, 0.15) is 5.82 Å². The normalized spacial score (nSPS) is 10.9. The Kier molecular flexibility index (Phi) is 4.49. The Balaban J connectivity index is 1.48. The number of hydrogen-bond donors (Lipinski definition) is 2. The van der Waals surface area contributed by atoms with Crippen molar-refractivity contribution in [3.8, 4) is 0 Å². The predicted octanol–water partition coefficient (Wildman–Crippen LogP) is 2.43. The number of aryl methyl sites for hydroxylation is 2. The van der Waals surface area contributed by atoms with E-state index in [1.54, 1.807) is 6.07 Å². The van der Waals surface area contributed by atoms with Gasteiger partial charge in [0, 0.05) is 18.1 Å². The molecule has 0 aliphatic carbocycles. The smallest absolute Gasteiger partial charge is 0.270 e. The molecule has 0 unspecified atom stereocenters. The van der Waals surface area contributed by atoms with Crippen LogP contribution in [0.2, 0.25) is 0 Å². The number of nitrogens with one attached hydrogen (secondary N) is 2. The molecule has 4 aromatic rings. The molecule has 28 heavy (non-hydrogen) atoms. The molecule has 0 saturated heterocycles. The van der Waals surface area contributed by atoms with E-state index >= 15 is 0 Å². The highest BCUT2D eigenvalue weighted by Crippen LogP contribution is 2.18. The van der Waals surface area contributed by atoms with Crippen molar-refractivity contribution in [2.45, 2.75) is 13.3 Å². The predicted molar refractivity (Wildman–Crippen MR) is 107 cm³/mol. The number of fused-ring (bicyclic) bond motifs is 2. The van der Waals surface area contributed by atoms with E-state index < -0.39 is 0 Å². The Labute approximate surface area is 161 Å². The minimum atomic E-state index is -0.389. The summed E-state index contributed by atoms with van der Waals surface area (Å²) in [5.41, 5.74) is 8.67. The van der Waals surface area contributed by atoms with E-state index in [2.05, 4.69) is 20.8 Å². The maximum Gasteiger partial charge on any atom is 0.270 e. The largest absolute Gasteiger partial charge is 0.331 e. The van der Waals surface area contributed by atoms with Crippen LogP contribution >= 0.6 is 0 Å². The Morgan fingerprint density at radius 3 is 2.46 bits per heavy atom. The average molecular weight is 373 g/mol. The summed E-state index contributed by atoms with van der Waals surface area (Å²) in [7, 11) is 1.86. The van der Waals surface area contributed by atoms with Gasteiger partial charge in [0.05, 0.1) is 28.5 Å². The number of benzene rings is 2. The average Bonchev–Trinajstić information content (AvgIpc) is 3.01. The quantitative estimate of drug-likeness (QED) is 0.540. The zero-order valence-electron chi connectivity index (χ0n) is 15.6. The first-order chi connectivity index (χ1) is 13.5. The molecule has 7 heteroatoms. The number of nitrogens with zero attached hydrogens (tertiary/aromatic N) is 3. The van der Waals surface area contributed by atoms with Crippen molar-refractivity contribution in [2.75, 3.05) is 0 Å². The van der Waals surface area contributed by atoms with E-state index in [1.165, 1.54) is 0 Å². The second kappa shape index (κ2) is 7.11. The number of para-hydroxylation sites is 3. The van der Waals surface area contributed by atoms with Crippen LogP contribution < -0.4 is 10.9 Å². The van der Waals surface area contributed by atoms with E-state index in [4.69, 9.17) is 0 Å². The van der Waals surface area contributed by atoms with Gasteiger partial charge in [0.2, 0.25) is 5.91 Å². The number of amides is 2. The van der Waals surface area contributed by atoms with Crippen LogP contribution in [0.5, 0.6) is 0 Å². The third-order valence-corrected chi connectivity index (χ3v) is 4.60. The van der Waals surface area contributed by atoms with Crippen molar-refractivity contribution in [2.24, 2.45) is 7.05 Å². The molecule has 4 rings (SSSR count). The Morgan fingerprint density at radius 2 is 1.68 bits per heavy atom.